The standard InChI is InChI=1S/C26H25F3N2O4S/c1-3-36(34,35)23-14-6-18(7-15-23)16-24(32)30-22-12-8-20(9-13-22)25(33)31(2)17-19-4-10-21(11-5-19)26(27,28)29/h4-15H,3,16-17H2,1-2H3,(H,30,32). The summed E-state index contributed by atoms with van der Waals surface area (Å²) in [7, 11) is -1.76. The Hall–Kier alpha value is -3.66. The van der Waals surface area contributed by atoms with Gasteiger partial charge in [-0.25, -0.2) is 8.42 Å². The van der Waals surface area contributed by atoms with Gasteiger partial charge in [0.05, 0.1) is 22.6 Å². The molecule has 0 atom stereocenters. The first-order valence-corrected chi connectivity index (χ1v) is 12.7. The van der Waals surface area contributed by atoms with E-state index >= 15 is 0 Å². The quantitative estimate of drug-likeness (QED) is 0.457. The number of carbonyl (C=O) groups is 2. The predicted molar refractivity (Wildman–Crippen MR) is 130 cm³/mol. The Bertz CT molecular complexity index is 1320. The van der Waals surface area contributed by atoms with Gasteiger partial charge in [0.1, 0.15) is 0 Å². The molecule has 0 saturated heterocycles. The Kier molecular flexibility index (Phi) is 8.19. The summed E-state index contributed by atoms with van der Waals surface area (Å²) in [5.74, 6) is -0.634. The van der Waals surface area contributed by atoms with E-state index in [1.165, 1.54) is 29.2 Å². The van der Waals surface area contributed by atoms with Crippen LogP contribution in [0.5, 0.6) is 0 Å². The van der Waals surface area contributed by atoms with Crippen molar-refractivity contribution in [2.75, 3.05) is 18.1 Å². The molecule has 1 N–H and O–H groups in total. The number of hydrogen-bond donors (Lipinski definition) is 1. The van der Waals surface area contributed by atoms with E-state index < -0.39 is 21.6 Å². The van der Waals surface area contributed by atoms with Gasteiger partial charge >= 0.3 is 6.18 Å². The topological polar surface area (TPSA) is 83.5 Å². The van der Waals surface area contributed by atoms with Crippen LogP contribution in [0.25, 0.3) is 0 Å². The molecular weight excluding hydrogens is 493 g/mol. The zero-order valence-electron chi connectivity index (χ0n) is 19.7. The van der Waals surface area contributed by atoms with E-state index in [9.17, 15) is 31.2 Å². The number of nitrogens with one attached hydrogen (secondary N) is 1. The summed E-state index contributed by atoms with van der Waals surface area (Å²) in [5.41, 5.74) is 1.30. The largest absolute Gasteiger partial charge is 0.416 e. The number of halogens is 3. The molecule has 36 heavy (non-hydrogen) atoms. The van der Waals surface area contributed by atoms with Crippen LogP contribution >= 0.6 is 0 Å². The molecule has 0 spiro atoms. The van der Waals surface area contributed by atoms with Crippen molar-refractivity contribution in [1.82, 2.24) is 4.90 Å². The lowest BCUT2D eigenvalue weighted by atomic mass is 10.1. The number of alkyl halides is 3. The van der Waals surface area contributed by atoms with Gasteiger partial charge in [-0.05, 0) is 59.7 Å². The van der Waals surface area contributed by atoms with Crippen LogP contribution < -0.4 is 5.32 Å². The van der Waals surface area contributed by atoms with Crippen LogP contribution in [0.4, 0.5) is 18.9 Å². The first-order chi connectivity index (χ1) is 16.9. The van der Waals surface area contributed by atoms with Gasteiger partial charge in [0, 0.05) is 24.8 Å². The normalized spacial score (nSPS) is 11.7. The van der Waals surface area contributed by atoms with Crippen molar-refractivity contribution in [1.29, 1.82) is 0 Å². The molecule has 0 heterocycles. The van der Waals surface area contributed by atoms with Gasteiger partial charge < -0.3 is 10.2 Å². The van der Waals surface area contributed by atoms with E-state index in [2.05, 4.69) is 5.32 Å². The highest BCUT2D eigenvalue weighted by atomic mass is 32.2. The van der Waals surface area contributed by atoms with Gasteiger partial charge in [0.15, 0.2) is 9.84 Å². The summed E-state index contributed by atoms with van der Waals surface area (Å²) in [4.78, 5) is 26.6. The van der Waals surface area contributed by atoms with Crippen molar-refractivity contribution >= 4 is 27.3 Å². The highest BCUT2D eigenvalue weighted by Crippen LogP contribution is 2.29. The summed E-state index contributed by atoms with van der Waals surface area (Å²) in [6, 6.07) is 17.0. The van der Waals surface area contributed by atoms with Gasteiger partial charge in [-0.15, -0.1) is 0 Å². The van der Waals surface area contributed by atoms with Crippen LogP contribution in [0.3, 0.4) is 0 Å². The fraction of sp³-hybridized carbons (Fsp3) is 0.231. The van der Waals surface area contributed by atoms with Gasteiger partial charge in [-0.3, -0.25) is 9.59 Å². The fourth-order valence-corrected chi connectivity index (χ4v) is 4.32. The molecule has 3 rings (SSSR count). The highest BCUT2D eigenvalue weighted by Gasteiger charge is 2.30. The second-order valence-electron chi connectivity index (χ2n) is 8.21. The Balaban J connectivity index is 1.56. The number of nitrogens with zero attached hydrogens (tertiary/aromatic N) is 1. The minimum atomic E-state index is -4.42. The average molecular weight is 519 g/mol. The van der Waals surface area contributed by atoms with E-state index in [-0.39, 0.29) is 35.4 Å². The summed E-state index contributed by atoms with van der Waals surface area (Å²) >= 11 is 0. The lowest BCUT2D eigenvalue weighted by Crippen LogP contribution is -2.26. The highest BCUT2D eigenvalue weighted by molar-refractivity contribution is 7.91. The zero-order valence-corrected chi connectivity index (χ0v) is 20.5. The maximum atomic E-state index is 12.7. The van der Waals surface area contributed by atoms with Crippen molar-refractivity contribution in [3.63, 3.8) is 0 Å². The van der Waals surface area contributed by atoms with Crippen LogP contribution in [-0.4, -0.2) is 37.9 Å². The average Bonchev–Trinajstić information content (AvgIpc) is 2.84. The maximum Gasteiger partial charge on any atom is 0.416 e. The molecule has 3 aromatic rings. The molecule has 0 aliphatic rings. The van der Waals surface area contributed by atoms with Gasteiger partial charge in [0.25, 0.3) is 5.91 Å². The summed E-state index contributed by atoms with van der Waals surface area (Å²) in [6.45, 7) is 1.70. The van der Waals surface area contributed by atoms with Gasteiger partial charge in [-0.2, -0.15) is 13.2 Å². The Morgan fingerprint density at radius 3 is 1.94 bits per heavy atom. The van der Waals surface area contributed by atoms with Gasteiger partial charge in [-0.1, -0.05) is 31.2 Å². The molecule has 0 saturated carbocycles. The van der Waals surface area contributed by atoms with Crippen molar-refractivity contribution in [2.45, 2.75) is 31.0 Å². The number of benzene rings is 3. The van der Waals surface area contributed by atoms with Crippen molar-refractivity contribution in [2.24, 2.45) is 0 Å². The third kappa shape index (κ3) is 6.94. The van der Waals surface area contributed by atoms with Crippen LogP contribution in [-0.2, 0) is 33.8 Å². The third-order valence-electron chi connectivity index (χ3n) is 5.49. The zero-order chi connectivity index (χ0) is 26.5. The van der Waals surface area contributed by atoms with Crippen LogP contribution in [0.2, 0.25) is 0 Å². The Labute approximate surface area is 207 Å². The second-order valence-corrected chi connectivity index (χ2v) is 10.5. The molecule has 10 heteroatoms. The number of amides is 2. The number of sulfone groups is 1. The molecule has 0 fully saturated rings. The Morgan fingerprint density at radius 1 is 0.861 bits per heavy atom. The molecular formula is C26H25F3N2O4S. The molecule has 0 bridgehead atoms. The smallest absolute Gasteiger partial charge is 0.337 e. The lowest BCUT2D eigenvalue weighted by Gasteiger charge is -2.18. The molecule has 0 unspecified atom stereocenters. The maximum absolute atomic E-state index is 12.7. The first-order valence-electron chi connectivity index (χ1n) is 11.0. The number of hydrogen-bond acceptors (Lipinski definition) is 4. The van der Waals surface area contributed by atoms with Crippen molar-refractivity contribution in [3.8, 4) is 0 Å². The van der Waals surface area contributed by atoms with Crippen LogP contribution in [0.15, 0.2) is 77.7 Å². The molecule has 6 nitrogen and oxygen atoms in total. The fourth-order valence-electron chi connectivity index (χ4n) is 3.43. The number of carbonyl (C=O) groups excluding carboxylic acids is 2. The minimum Gasteiger partial charge on any atom is -0.337 e. The lowest BCUT2D eigenvalue weighted by molar-refractivity contribution is -0.137. The van der Waals surface area contributed by atoms with E-state index in [1.807, 2.05) is 0 Å². The van der Waals surface area contributed by atoms with E-state index in [4.69, 9.17) is 0 Å². The summed E-state index contributed by atoms with van der Waals surface area (Å²) in [5, 5.41) is 2.73. The molecule has 2 amide bonds. The molecule has 190 valence electrons. The Morgan fingerprint density at radius 2 is 1.42 bits per heavy atom. The van der Waals surface area contributed by atoms with Crippen molar-refractivity contribution in [3.05, 3.63) is 95.1 Å². The predicted octanol–water partition coefficient (Wildman–Crippen LogP) is 4.95. The van der Waals surface area contributed by atoms with Crippen molar-refractivity contribution < 1.29 is 31.2 Å². The SMILES string of the molecule is CCS(=O)(=O)c1ccc(CC(=O)Nc2ccc(C(=O)N(C)Cc3ccc(C(F)(F)F)cc3)cc2)cc1. The van der Waals surface area contributed by atoms with E-state index in [0.29, 0.717) is 22.4 Å². The van der Waals surface area contributed by atoms with E-state index in [1.54, 1.807) is 50.4 Å². The first kappa shape index (κ1) is 26.9. The number of anilines is 1. The molecule has 0 aliphatic heterocycles. The summed E-state index contributed by atoms with van der Waals surface area (Å²) in [6.07, 6.45) is -4.37. The molecule has 3 aromatic carbocycles. The van der Waals surface area contributed by atoms with Crippen LogP contribution in [0.1, 0.15) is 34.0 Å². The van der Waals surface area contributed by atoms with Gasteiger partial charge in [0.2, 0.25) is 5.91 Å². The minimum absolute atomic E-state index is 0.00379. The summed E-state index contributed by atoms with van der Waals surface area (Å²) < 4.78 is 61.9. The second kappa shape index (κ2) is 10.9. The number of rotatable bonds is 8. The van der Waals surface area contributed by atoms with E-state index in [0.717, 1.165) is 12.1 Å². The molecule has 0 aromatic heterocycles. The third-order valence-corrected chi connectivity index (χ3v) is 7.24. The van der Waals surface area contributed by atoms with Crippen LogP contribution in [0, 0.1) is 0 Å². The molecule has 0 aliphatic carbocycles. The monoisotopic (exact) mass is 518 g/mol. The molecule has 0 radical (unpaired) electrons.